The molecular formula is C3H7NO4. The molecule has 48 valence electrons. The van der Waals surface area contributed by atoms with E-state index in [0.717, 1.165) is 0 Å². The quantitative estimate of drug-likeness (QED) is 0.402. The minimum Gasteiger partial charge on any atom is -0.550 e. The zero-order valence-electron chi connectivity index (χ0n) is 5.34. The smallest absolute Gasteiger partial charge is 0.550 e. The van der Waals surface area contributed by atoms with Crippen molar-refractivity contribution in [2.45, 2.75) is 6.42 Å². The highest BCUT2D eigenvalue weighted by molar-refractivity contribution is 5.86. The average molecular weight is 121 g/mol. The van der Waals surface area contributed by atoms with E-state index in [1.54, 1.807) is 0 Å². The molecule has 5 heteroatoms. The van der Waals surface area contributed by atoms with Crippen LogP contribution in [0.2, 0.25) is 0 Å². The first-order chi connectivity index (χ1) is 3.13. The first-order valence-electron chi connectivity index (χ1n) is 1.52. The van der Waals surface area contributed by atoms with E-state index < -0.39 is 18.4 Å². The number of hydrogen-bond donors (Lipinski definition) is 1. The first kappa shape index (κ1) is 10.0. The van der Waals surface area contributed by atoms with E-state index >= 15 is 0 Å². The fraction of sp³-hybridized carbons (Fsp3) is 0.333. The average Bonchev–Trinajstić information content (AvgIpc) is 1.27. The van der Waals surface area contributed by atoms with Crippen LogP contribution in [-0.2, 0) is 9.59 Å². The van der Waals surface area contributed by atoms with Gasteiger partial charge in [0, 0.05) is 18.4 Å². The summed E-state index contributed by atoms with van der Waals surface area (Å²) in [5.74, 6) is -3.25. The van der Waals surface area contributed by atoms with Crippen LogP contribution in [0.1, 0.15) is 7.85 Å². The van der Waals surface area contributed by atoms with Gasteiger partial charge in [-0.15, -0.1) is 0 Å². The van der Waals surface area contributed by atoms with E-state index in [1.807, 2.05) is 0 Å². The third-order valence-corrected chi connectivity index (χ3v) is 0.289. The van der Waals surface area contributed by atoms with Crippen molar-refractivity contribution < 1.29 is 21.2 Å². The van der Waals surface area contributed by atoms with Gasteiger partial charge in [0.1, 0.15) is 0 Å². The maximum Gasteiger partial charge on any atom is 1.00 e. The van der Waals surface area contributed by atoms with Crippen LogP contribution in [-0.4, -0.2) is 11.9 Å². The fourth-order valence-electron chi connectivity index (χ4n) is 0.118. The van der Waals surface area contributed by atoms with Gasteiger partial charge in [0.25, 0.3) is 0 Å². The molecule has 0 bridgehead atoms. The standard InChI is InChI=1S/C3H4O4.H3N/c4-2(5)1-3(6)7;/h1H2,(H,4,5)(H,6,7);1H3. The molecule has 0 aromatic carbocycles. The number of carbonyl (C=O) groups excluding carboxylic acids is 2. The Kier molecular flexibility index (Phi) is 5.09. The van der Waals surface area contributed by atoms with Crippen molar-refractivity contribution in [3.8, 4) is 0 Å². The maximum atomic E-state index is 9.28. The molecule has 0 aliphatic rings. The van der Waals surface area contributed by atoms with Crippen molar-refractivity contribution in [3.63, 3.8) is 0 Å². The Morgan fingerprint density at radius 1 is 1.25 bits per heavy atom. The van der Waals surface area contributed by atoms with Crippen molar-refractivity contribution >= 4 is 11.9 Å². The van der Waals surface area contributed by atoms with Gasteiger partial charge in [-0.05, 0) is 0 Å². The number of hydrogen-bond acceptors (Lipinski definition) is 4. The van der Waals surface area contributed by atoms with Crippen LogP contribution < -0.4 is 16.4 Å². The lowest BCUT2D eigenvalue weighted by Gasteiger charge is -1.99. The number of carboxylic acids is 2. The summed E-state index contributed by atoms with van der Waals surface area (Å²) in [5.41, 5.74) is 0. The molecule has 0 atom stereocenters. The summed E-state index contributed by atoms with van der Waals surface area (Å²) in [4.78, 5) is 18.6. The number of quaternary nitrogens is 1. The second kappa shape index (κ2) is 4.07. The van der Waals surface area contributed by atoms with Crippen molar-refractivity contribution in [2.75, 3.05) is 0 Å². The molecule has 0 saturated heterocycles. The Morgan fingerprint density at radius 3 is 1.50 bits per heavy atom. The van der Waals surface area contributed by atoms with E-state index in [2.05, 4.69) is 0 Å². The lowest BCUT2D eigenvalue weighted by atomic mass is 10.5. The minimum atomic E-state index is -1.63. The molecule has 0 aliphatic carbocycles. The SMILES string of the molecule is O=C([O-])CC(=O)[O-].[H+].[NH4+]. The van der Waals surface area contributed by atoms with Crippen molar-refractivity contribution in [1.82, 2.24) is 6.15 Å². The summed E-state index contributed by atoms with van der Waals surface area (Å²) in [5, 5.41) is 18.6. The molecular weight excluding hydrogens is 114 g/mol. The molecule has 0 spiro atoms. The van der Waals surface area contributed by atoms with Crippen molar-refractivity contribution in [2.24, 2.45) is 0 Å². The molecule has 0 unspecified atom stereocenters. The molecule has 4 N–H and O–H groups in total. The van der Waals surface area contributed by atoms with E-state index in [-0.39, 0.29) is 7.58 Å². The van der Waals surface area contributed by atoms with Crippen LogP contribution in [0.5, 0.6) is 0 Å². The molecule has 0 aromatic heterocycles. The van der Waals surface area contributed by atoms with Gasteiger partial charge in [-0.1, -0.05) is 0 Å². The maximum absolute atomic E-state index is 9.28. The molecule has 0 aliphatic heterocycles. The predicted molar refractivity (Wildman–Crippen MR) is 21.7 cm³/mol. The Balaban J connectivity index is -0.000000180. The van der Waals surface area contributed by atoms with Gasteiger partial charge < -0.3 is 26.0 Å². The lowest BCUT2D eigenvalue weighted by molar-refractivity contribution is -0.322. The minimum absolute atomic E-state index is 0. The molecule has 5 nitrogen and oxygen atoms in total. The Morgan fingerprint density at radius 2 is 1.50 bits per heavy atom. The zero-order chi connectivity index (χ0) is 5.86. The fourth-order valence-corrected chi connectivity index (χ4v) is 0.118. The van der Waals surface area contributed by atoms with Crippen molar-refractivity contribution in [1.29, 1.82) is 0 Å². The number of carboxylic acid groups (broad SMARTS) is 2. The summed E-state index contributed by atoms with van der Waals surface area (Å²) in [6.07, 6.45) is -1.03. The molecule has 0 aromatic rings. The molecule has 0 amide bonds. The normalized spacial score (nSPS) is 7.00. The molecule has 0 rings (SSSR count). The Hall–Kier alpha value is -1.10. The van der Waals surface area contributed by atoms with Gasteiger partial charge in [-0.3, -0.25) is 0 Å². The molecule has 8 heavy (non-hydrogen) atoms. The molecule has 0 heterocycles. The predicted octanol–water partition coefficient (Wildman–Crippen LogP) is -2.63. The summed E-state index contributed by atoms with van der Waals surface area (Å²) in [6, 6.07) is 0. The summed E-state index contributed by atoms with van der Waals surface area (Å²) in [6.45, 7) is 0. The second-order valence-electron chi connectivity index (χ2n) is 0.921. The van der Waals surface area contributed by atoms with Gasteiger partial charge in [-0.2, -0.15) is 0 Å². The Bertz CT molecular complexity index is 92.0. The number of aliphatic carboxylic acids is 2. The van der Waals surface area contributed by atoms with E-state index in [9.17, 15) is 19.8 Å². The Labute approximate surface area is 47.0 Å². The van der Waals surface area contributed by atoms with E-state index in [0.29, 0.717) is 0 Å². The van der Waals surface area contributed by atoms with Crippen LogP contribution in [0.15, 0.2) is 0 Å². The van der Waals surface area contributed by atoms with Gasteiger partial charge >= 0.3 is 1.43 Å². The second-order valence-corrected chi connectivity index (χ2v) is 0.921. The molecule has 0 radical (unpaired) electrons. The van der Waals surface area contributed by atoms with Crippen LogP contribution in [0, 0.1) is 0 Å². The number of rotatable bonds is 2. The summed E-state index contributed by atoms with van der Waals surface area (Å²) >= 11 is 0. The van der Waals surface area contributed by atoms with Crippen molar-refractivity contribution in [3.05, 3.63) is 0 Å². The monoisotopic (exact) mass is 121 g/mol. The van der Waals surface area contributed by atoms with E-state index in [4.69, 9.17) is 0 Å². The van der Waals surface area contributed by atoms with Gasteiger partial charge in [0.15, 0.2) is 0 Å². The third kappa shape index (κ3) is 8.86. The van der Waals surface area contributed by atoms with Crippen LogP contribution in [0.3, 0.4) is 0 Å². The van der Waals surface area contributed by atoms with Gasteiger partial charge in [0.2, 0.25) is 0 Å². The number of carbonyl (C=O) groups is 2. The summed E-state index contributed by atoms with van der Waals surface area (Å²) < 4.78 is 0. The zero-order valence-corrected chi connectivity index (χ0v) is 4.34. The highest BCUT2D eigenvalue weighted by atomic mass is 16.4. The van der Waals surface area contributed by atoms with Gasteiger partial charge in [0.05, 0.1) is 0 Å². The highest BCUT2D eigenvalue weighted by Crippen LogP contribution is 1.66. The topological polar surface area (TPSA) is 117 Å². The third-order valence-electron chi connectivity index (χ3n) is 0.289. The summed E-state index contributed by atoms with van der Waals surface area (Å²) in [7, 11) is 0. The van der Waals surface area contributed by atoms with Crippen LogP contribution >= 0.6 is 0 Å². The first-order valence-corrected chi connectivity index (χ1v) is 1.52. The van der Waals surface area contributed by atoms with Crippen LogP contribution in [0.25, 0.3) is 0 Å². The lowest BCUT2D eigenvalue weighted by Crippen LogP contribution is -2.32. The highest BCUT2D eigenvalue weighted by Gasteiger charge is 1.81. The van der Waals surface area contributed by atoms with Crippen LogP contribution in [0.4, 0.5) is 0 Å². The van der Waals surface area contributed by atoms with E-state index in [1.165, 1.54) is 0 Å². The van der Waals surface area contributed by atoms with Gasteiger partial charge in [-0.25, -0.2) is 0 Å². The largest absolute Gasteiger partial charge is 1.00 e. The molecule has 0 fully saturated rings. The molecule has 0 saturated carbocycles.